The van der Waals surface area contributed by atoms with E-state index in [4.69, 9.17) is 10.5 Å². The summed E-state index contributed by atoms with van der Waals surface area (Å²) in [5.41, 5.74) is -2.11. The fourth-order valence-electron chi connectivity index (χ4n) is 8.00. The van der Waals surface area contributed by atoms with Gasteiger partial charge in [0.05, 0.1) is 45.2 Å². The number of nitrogens with zero attached hydrogens (tertiary/aromatic N) is 5. The number of halogens is 8. The predicted molar refractivity (Wildman–Crippen MR) is 171 cm³/mol. The van der Waals surface area contributed by atoms with Crippen molar-refractivity contribution in [3.05, 3.63) is 40.7 Å². The van der Waals surface area contributed by atoms with Gasteiger partial charge in [0.15, 0.2) is 0 Å². The van der Waals surface area contributed by atoms with E-state index in [0.717, 1.165) is 12.5 Å². The first kappa shape index (κ1) is 35.4. The number of aliphatic hydroxyl groups is 2. The number of aliphatic hydroxyl groups excluding tert-OH is 2. The Morgan fingerprint density at radius 2 is 1.94 bits per heavy atom. The zero-order valence-electron chi connectivity index (χ0n) is 26.7. The SMILES string of the molecule is CN(c1nc(OCC23CCCN2CC(F)C3)nc2c(C(F)(F)F)c(-c3ccc(F)c4sc(N)c(C#N)c34)c(C(F)(F)F)cc12)C1CC(O)C1CO. The normalized spacial score (nSPS) is 25.3. The van der Waals surface area contributed by atoms with Gasteiger partial charge < -0.3 is 25.6 Å². The van der Waals surface area contributed by atoms with Crippen LogP contribution in [0.1, 0.15) is 42.4 Å². The van der Waals surface area contributed by atoms with Gasteiger partial charge in [-0.1, -0.05) is 6.07 Å². The Labute approximate surface area is 288 Å². The number of hydrogen-bond donors (Lipinski definition) is 3. The van der Waals surface area contributed by atoms with Crippen molar-refractivity contribution in [3.8, 4) is 23.2 Å². The van der Waals surface area contributed by atoms with E-state index < -0.39 is 115 Å². The second kappa shape index (κ2) is 12.3. The van der Waals surface area contributed by atoms with Gasteiger partial charge in [-0.25, -0.2) is 8.78 Å². The van der Waals surface area contributed by atoms with Crippen molar-refractivity contribution in [1.82, 2.24) is 14.9 Å². The highest BCUT2D eigenvalue weighted by Crippen LogP contribution is 2.52. The first-order chi connectivity index (χ1) is 24.0. The molecule has 2 aromatic carbocycles. The molecule has 0 radical (unpaired) electrons. The van der Waals surface area contributed by atoms with Crippen molar-refractivity contribution in [3.63, 3.8) is 0 Å². The van der Waals surface area contributed by atoms with Gasteiger partial charge in [-0.2, -0.15) is 41.6 Å². The molecule has 3 aliphatic rings. The Morgan fingerprint density at radius 3 is 2.59 bits per heavy atom. The van der Waals surface area contributed by atoms with E-state index in [1.807, 2.05) is 4.90 Å². The van der Waals surface area contributed by atoms with Gasteiger partial charge in [-0.3, -0.25) is 4.90 Å². The van der Waals surface area contributed by atoms with Crippen molar-refractivity contribution in [2.75, 3.05) is 44.0 Å². The monoisotopic (exact) mass is 742 g/mol. The lowest BCUT2D eigenvalue weighted by molar-refractivity contribution is -0.141. The lowest BCUT2D eigenvalue weighted by Crippen LogP contribution is -2.56. The molecule has 0 bridgehead atoms. The van der Waals surface area contributed by atoms with E-state index in [1.165, 1.54) is 11.9 Å². The minimum absolute atomic E-state index is 0.0276. The maximum absolute atomic E-state index is 15.5. The Kier molecular flexibility index (Phi) is 8.51. The third-order valence-electron chi connectivity index (χ3n) is 10.5. The second-order valence-electron chi connectivity index (χ2n) is 13.3. The van der Waals surface area contributed by atoms with Gasteiger partial charge in [0, 0.05) is 48.3 Å². The molecule has 5 unspecified atom stereocenters. The highest BCUT2D eigenvalue weighted by molar-refractivity contribution is 7.23. The summed E-state index contributed by atoms with van der Waals surface area (Å²) < 4.78 is 127. The minimum atomic E-state index is -5.53. The lowest BCUT2D eigenvalue weighted by atomic mass is 9.76. The number of aromatic nitrogens is 2. The molecule has 2 aromatic heterocycles. The molecular formula is C33H30F8N6O3S. The lowest BCUT2D eigenvalue weighted by Gasteiger charge is -2.46. The van der Waals surface area contributed by atoms with Gasteiger partial charge >= 0.3 is 18.4 Å². The predicted octanol–water partition coefficient (Wildman–Crippen LogP) is 6.28. The molecule has 1 aliphatic carbocycles. The van der Waals surface area contributed by atoms with Crippen LogP contribution in [0.4, 0.5) is 45.9 Å². The smallest absolute Gasteiger partial charge is 0.419 e. The number of ether oxygens (including phenoxy) is 1. The second-order valence-corrected chi connectivity index (χ2v) is 14.4. The van der Waals surface area contributed by atoms with Crippen LogP contribution in [0.5, 0.6) is 6.01 Å². The van der Waals surface area contributed by atoms with Crippen molar-refractivity contribution < 1.29 is 50.1 Å². The first-order valence-corrected chi connectivity index (χ1v) is 16.8. The summed E-state index contributed by atoms with van der Waals surface area (Å²) in [5.74, 6) is -2.19. The van der Waals surface area contributed by atoms with Crippen molar-refractivity contribution in [1.29, 1.82) is 5.26 Å². The van der Waals surface area contributed by atoms with Crippen LogP contribution in [0, 0.1) is 23.1 Å². The topological polar surface area (TPSA) is 132 Å². The number of thiophene rings is 1. The van der Waals surface area contributed by atoms with E-state index in [0.29, 0.717) is 36.4 Å². The minimum Gasteiger partial charge on any atom is -0.461 e. The Morgan fingerprint density at radius 1 is 1.20 bits per heavy atom. The summed E-state index contributed by atoms with van der Waals surface area (Å²) in [6, 6.07) is 2.23. The average molecular weight is 743 g/mol. The molecule has 4 N–H and O–H groups in total. The fraction of sp³-hybridized carbons (Fsp3) is 0.485. The number of nitriles is 1. The zero-order chi connectivity index (χ0) is 36.8. The van der Waals surface area contributed by atoms with Gasteiger partial charge in [0.25, 0.3) is 0 Å². The molecule has 4 aromatic rings. The third-order valence-corrected chi connectivity index (χ3v) is 11.5. The summed E-state index contributed by atoms with van der Waals surface area (Å²) in [4.78, 5) is 11.5. The van der Waals surface area contributed by atoms with E-state index in [2.05, 4.69) is 9.97 Å². The maximum Gasteiger partial charge on any atom is 0.419 e. The number of rotatable bonds is 7. The first-order valence-electron chi connectivity index (χ1n) is 16.0. The maximum atomic E-state index is 15.5. The molecule has 0 spiro atoms. The standard InChI is InChI=1S/C33H30F8N6O3S/c1-46(21-8-22(49)18(21)12-48)29-16-7-19(32(36,37)38)24(15-3-4-20(35)27-23(15)17(10-42)28(43)51-27)25(33(39,40)41)26(16)44-30(45-29)50-13-31-5-2-6-47(31)11-14(34)9-31/h3-4,7,14,18,21-22,48-49H,2,5-6,8-9,11-13,43H2,1H3. The van der Waals surface area contributed by atoms with Crippen LogP contribution in [0.3, 0.4) is 0 Å². The highest BCUT2D eigenvalue weighted by Gasteiger charge is 2.50. The largest absolute Gasteiger partial charge is 0.461 e. The summed E-state index contributed by atoms with van der Waals surface area (Å²) in [6.07, 6.45) is -11.7. The van der Waals surface area contributed by atoms with Crippen LogP contribution in [-0.4, -0.2) is 82.3 Å². The number of nitrogens with two attached hydrogens (primary N) is 1. The highest BCUT2D eigenvalue weighted by atomic mass is 32.1. The number of hydrogen-bond acceptors (Lipinski definition) is 10. The number of benzene rings is 2. The van der Waals surface area contributed by atoms with Gasteiger partial charge in [0.1, 0.15) is 35.5 Å². The third kappa shape index (κ3) is 5.69. The molecule has 1 saturated carbocycles. The molecule has 7 rings (SSSR count). The quantitative estimate of drug-likeness (QED) is 0.188. The van der Waals surface area contributed by atoms with Crippen LogP contribution in [0.25, 0.3) is 32.1 Å². The molecule has 4 heterocycles. The summed E-state index contributed by atoms with van der Waals surface area (Å²) in [7, 11) is 1.36. The molecule has 18 heteroatoms. The number of nitrogen functional groups attached to an aromatic ring is 1. The van der Waals surface area contributed by atoms with Crippen molar-refractivity contribution >= 4 is 43.1 Å². The molecule has 272 valence electrons. The molecular weight excluding hydrogens is 712 g/mol. The fourth-order valence-corrected chi connectivity index (χ4v) is 8.95. The Bertz CT molecular complexity index is 2080. The number of fused-ring (bicyclic) bond motifs is 3. The van der Waals surface area contributed by atoms with Crippen molar-refractivity contribution in [2.45, 2.75) is 61.9 Å². The molecule has 9 nitrogen and oxygen atoms in total. The van der Waals surface area contributed by atoms with Gasteiger partial charge in [0.2, 0.25) is 0 Å². The van der Waals surface area contributed by atoms with Crippen LogP contribution < -0.4 is 15.4 Å². The molecule has 2 saturated heterocycles. The molecule has 0 amide bonds. The Balaban J connectivity index is 1.53. The molecule has 3 fully saturated rings. The zero-order valence-corrected chi connectivity index (χ0v) is 27.6. The van der Waals surface area contributed by atoms with Crippen molar-refractivity contribution in [2.24, 2.45) is 5.92 Å². The van der Waals surface area contributed by atoms with Gasteiger partial charge in [-0.05, 0) is 43.5 Å². The van der Waals surface area contributed by atoms with E-state index in [-0.39, 0.29) is 31.0 Å². The van der Waals surface area contributed by atoms with Crippen LogP contribution in [0.15, 0.2) is 18.2 Å². The molecule has 5 atom stereocenters. The van der Waals surface area contributed by atoms with Crippen LogP contribution in [-0.2, 0) is 12.4 Å². The molecule has 51 heavy (non-hydrogen) atoms. The van der Waals surface area contributed by atoms with E-state index in [1.54, 1.807) is 6.07 Å². The summed E-state index contributed by atoms with van der Waals surface area (Å²) in [6.45, 7) is -0.0118. The molecule has 2 aliphatic heterocycles. The number of alkyl halides is 7. The Hall–Kier alpha value is -4.05. The van der Waals surface area contributed by atoms with E-state index >= 15 is 26.3 Å². The average Bonchev–Trinajstić information content (AvgIpc) is 3.69. The van der Waals surface area contributed by atoms with Gasteiger partial charge in [-0.15, -0.1) is 11.3 Å². The van der Waals surface area contributed by atoms with Crippen LogP contribution >= 0.6 is 11.3 Å². The number of anilines is 2. The van der Waals surface area contributed by atoms with E-state index in [9.17, 15) is 24.3 Å². The summed E-state index contributed by atoms with van der Waals surface area (Å²) in [5, 5.41) is 28.4. The summed E-state index contributed by atoms with van der Waals surface area (Å²) >= 11 is 0.512. The van der Waals surface area contributed by atoms with Crippen LogP contribution in [0.2, 0.25) is 0 Å².